The number of rotatable bonds is 5. The number of nitrogens with zero attached hydrogens (tertiary/aromatic N) is 1. The predicted molar refractivity (Wildman–Crippen MR) is 69.4 cm³/mol. The van der Waals surface area contributed by atoms with Gasteiger partial charge in [-0.1, -0.05) is 20.3 Å². The van der Waals surface area contributed by atoms with Gasteiger partial charge < -0.3 is 9.64 Å². The van der Waals surface area contributed by atoms with Crippen LogP contribution in [-0.2, 0) is 0 Å². The van der Waals surface area contributed by atoms with Crippen LogP contribution < -0.4 is 4.74 Å². The highest BCUT2D eigenvalue weighted by atomic mass is 19.1. The Balaban J connectivity index is 2.83. The van der Waals surface area contributed by atoms with Crippen molar-refractivity contribution in [2.45, 2.75) is 20.3 Å². The first-order chi connectivity index (χ1) is 8.49. The lowest BCUT2D eigenvalue weighted by Gasteiger charge is -2.21. The second-order valence-corrected chi connectivity index (χ2v) is 4.54. The fourth-order valence-corrected chi connectivity index (χ4v) is 1.68. The van der Waals surface area contributed by atoms with Gasteiger partial charge in [0, 0.05) is 19.7 Å². The first kappa shape index (κ1) is 14.5. The van der Waals surface area contributed by atoms with Gasteiger partial charge in [0.2, 0.25) is 0 Å². The Bertz CT molecular complexity index is 420. The number of halogens is 1. The smallest absolute Gasteiger partial charge is 0.256 e. The molecule has 100 valence electrons. The van der Waals surface area contributed by atoms with Gasteiger partial charge in [0.25, 0.3) is 5.91 Å². The van der Waals surface area contributed by atoms with Crippen LogP contribution in [0.3, 0.4) is 0 Å². The van der Waals surface area contributed by atoms with Crippen LogP contribution in [-0.4, -0.2) is 31.5 Å². The number of hydrogen-bond donors (Lipinski definition) is 0. The molecule has 0 saturated heterocycles. The van der Waals surface area contributed by atoms with E-state index in [2.05, 4.69) is 13.8 Å². The van der Waals surface area contributed by atoms with E-state index in [-0.39, 0.29) is 11.5 Å². The molecule has 0 heterocycles. The molecule has 0 radical (unpaired) electrons. The maximum absolute atomic E-state index is 13.7. The van der Waals surface area contributed by atoms with E-state index in [1.807, 2.05) is 0 Å². The molecule has 0 aliphatic rings. The fraction of sp³-hybridized carbons (Fsp3) is 0.500. The van der Waals surface area contributed by atoms with Crippen molar-refractivity contribution in [3.63, 3.8) is 0 Å². The van der Waals surface area contributed by atoms with Crippen LogP contribution in [0.25, 0.3) is 0 Å². The van der Waals surface area contributed by atoms with E-state index in [1.165, 1.54) is 19.2 Å². The van der Waals surface area contributed by atoms with Crippen LogP contribution in [0.1, 0.15) is 30.6 Å². The first-order valence-electron chi connectivity index (χ1n) is 6.08. The number of amides is 1. The second-order valence-electron chi connectivity index (χ2n) is 4.54. The lowest BCUT2D eigenvalue weighted by molar-refractivity contribution is 0.0770. The zero-order valence-corrected chi connectivity index (χ0v) is 11.4. The zero-order chi connectivity index (χ0) is 13.7. The van der Waals surface area contributed by atoms with Crippen LogP contribution >= 0.6 is 0 Å². The van der Waals surface area contributed by atoms with Gasteiger partial charge in [-0.15, -0.1) is 0 Å². The van der Waals surface area contributed by atoms with Gasteiger partial charge in [-0.05, 0) is 18.1 Å². The molecule has 1 atom stereocenters. The van der Waals surface area contributed by atoms with Gasteiger partial charge in [0.05, 0.1) is 12.7 Å². The molecule has 1 rings (SSSR count). The maximum atomic E-state index is 13.7. The Morgan fingerprint density at radius 3 is 2.67 bits per heavy atom. The quantitative estimate of drug-likeness (QED) is 0.807. The maximum Gasteiger partial charge on any atom is 0.256 e. The van der Waals surface area contributed by atoms with E-state index in [4.69, 9.17) is 4.74 Å². The third-order valence-electron chi connectivity index (χ3n) is 3.04. The van der Waals surface area contributed by atoms with E-state index in [1.54, 1.807) is 18.0 Å². The summed E-state index contributed by atoms with van der Waals surface area (Å²) >= 11 is 0. The van der Waals surface area contributed by atoms with Crippen LogP contribution in [0.2, 0.25) is 0 Å². The van der Waals surface area contributed by atoms with E-state index >= 15 is 0 Å². The lowest BCUT2D eigenvalue weighted by atomic mass is 10.1. The van der Waals surface area contributed by atoms with Crippen LogP contribution in [0.15, 0.2) is 18.2 Å². The van der Waals surface area contributed by atoms with Crippen molar-refractivity contribution in [3.8, 4) is 5.75 Å². The SMILES string of the molecule is CCC(C)CN(C)C(=O)c1ccc(OC)cc1F. The molecule has 4 heteroatoms. The number of hydrogen-bond acceptors (Lipinski definition) is 2. The van der Waals surface area contributed by atoms with Crippen molar-refractivity contribution in [3.05, 3.63) is 29.6 Å². The topological polar surface area (TPSA) is 29.5 Å². The largest absolute Gasteiger partial charge is 0.497 e. The molecule has 1 aromatic carbocycles. The molecule has 0 saturated carbocycles. The Hall–Kier alpha value is -1.58. The summed E-state index contributed by atoms with van der Waals surface area (Å²) in [5.74, 6) is -0.0281. The molecule has 0 spiro atoms. The lowest BCUT2D eigenvalue weighted by Crippen LogP contribution is -2.31. The molecule has 0 fully saturated rings. The van der Waals surface area contributed by atoms with Crippen molar-refractivity contribution >= 4 is 5.91 Å². The molecule has 0 aliphatic carbocycles. The molecular weight excluding hydrogens is 233 g/mol. The number of carbonyl (C=O) groups excluding carboxylic acids is 1. The van der Waals surface area contributed by atoms with Gasteiger partial charge in [0.1, 0.15) is 11.6 Å². The van der Waals surface area contributed by atoms with Crippen molar-refractivity contribution in [1.29, 1.82) is 0 Å². The Morgan fingerprint density at radius 2 is 2.17 bits per heavy atom. The van der Waals surface area contributed by atoms with Crippen LogP contribution in [0.5, 0.6) is 5.75 Å². The minimum Gasteiger partial charge on any atom is -0.497 e. The monoisotopic (exact) mass is 253 g/mol. The van der Waals surface area contributed by atoms with E-state index < -0.39 is 5.82 Å². The minimum atomic E-state index is -0.546. The molecule has 0 aliphatic heterocycles. The number of benzene rings is 1. The Kier molecular flexibility index (Phi) is 5.13. The second kappa shape index (κ2) is 6.38. The van der Waals surface area contributed by atoms with Gasteiger partial charge in [0.15, 0.2) is 0 Å². The number of methoxy groups -OCH3 is 1. The summed E-state index contributed by atoms with van der Waals surface area (Å²) in [5.41, 5.74) is 0.0848. The highest BCUT2D eigenvalue weighted by molar-refractivity contribution is 5.94. The van der Waals surface area contributed by atoms with E-state index in [9.17, 15) is 9.18 Å². The van der Waals surface area contributed by atoms with Crippen LogP contribution in [0, 0.1) is 11.7 Å². The highest BCUT2D eigenvalue weighted by Crippen LogP contribution is 2.18. The molecule has 1 amide bonds. The summed E-state index contributed by atoms with van der Waals surface area (Å²) in [6.45, 7) is 4.76. The predicted octanol–water partition coefficient (Wildman–Crippen LogP) is 2.95. The van der Waals surface area contributed by atoms with E-state index in [0.29, 0.717) is 18.2 Å². The first-order valence-corrected chi connectivity index (χ1v) is 6.08. The summed E-state index contributed by atoms with van der Waals surface area (Å²) in [5, 5.41) is 0. The summed E-state index contributed by atoms with van der Waals surface area (Å²) in [4.78, 5) is 13.6. The molecule has 1 unspecified atom stereocenters. The number of carbonyl (C=O) groups is 1. The fourth-order valence-electron chi connectivity index (χ4n) is 1.68. The van der Waals surface area contributed by atoms with Crippen molar-refractivity contribution in [2.75, 3.05) is 20.7 Å². The van der Waals surface area contributed by atoms with Gasteiger partial charge in [-0.3, -0.25) is 4.79 Å². The molecule has 1 aromatic rings. The third-order valence-corrected chi connectivity index (χ3v) is 3.04. The average Bonchev–Trinajstić information content (AvgIpc) is 2.37. The summed E-state index contributed by atoms with van der Waals surface area (Å²) < 4.78 is 18.6. The Morgan fingerprint density at radius 1 is 1.50 bits per heavy atom. The number of ether oxygens (including phenoxy) is 1. The Labute approximate surface area is 108 Å². The summed E-state index contributed by atoms with van der Waals surface area (Å²) in [7, 11) is 3.16. The zero-order valence-electron chi connectivity index (χ0n) is 11.4. The average molecular weight is 253 g/mol. The molecule has 0 N–H and O–H groups in total. The van der Waals surface area contributed by atoms with Gasteiger partial charge in [-0.25, -0.2) is 4.39 Å². The minimum absolute atomic E-state index is 0.0848. The molecule has 3 nitrogen and oxygen atoms in total. The standard InChI is InChI=1S/C14H20FNO2/c1-5-10(2)9-16(3)14(17)12-7-6-11(18-4)8-13(12)15/h6-8,10H,5,9H2,1-4H3. The van der Waals surface area contributed by atoms with E-state index in [0.717, 1.165) is 6.42 Å². The van der Waals surface area contributed by atoms with Crippen molar-refractivity contribution in [1.82, 2.24) is 4.90 Å². The highest BCUT2D eigenvalue weighted by Gasteiger charge is 2.17. The van der Waals surface area contributed by atoms with Gasteiger partial charge >= 0.3 is 0 Å². The third kappa shape index (κ3) is 3.45. The molecule has 0 bridgehead atoms. The molecular formula is C14H20FNO2. The summed E-state index contributed by atoms with van der Waals surface area (Å²) in [6, 6.07) is 4.28. The summed E-state index contributed by atoms with van der Waals surface area (Å²) in [6.07, 6.45) is 0.989. The normalized spacial score (nSPS) is 12.1. The van der Waals surface area contributed by atoms with Crippen molar-refractivity contribution in [2.24, 2.45) is 5.92 Å². The van der Waals surface area contributed by atoms with Crippen LogP contribution in [0.4, 0.5) is 4.39 Å². The van der Waals surface area contributed by atoms with Crippen molar-refractivity contribution < 1.29 is 13.9 Å². The molecule has 18 heavy (non-hydrogen) atoms. The van der Waals surface area contributed by atoms with Gasteiger partial charge in [-0.2, -0.15) is 0 Å². The molecule has 0 aromatic heterocycles.